The van der Waals surface area contributed by atoms with E-state index in [0.717, 1.165) is 0 Å². The van der Waals surface area contributed by atoms with Crippen molar-refractivity contribution in [3.05, 3.63) is 23.8 Å². The van der Waals surface area contributed by atoms with E-state index in [9.17, 15) is 8.78 Å². The zero-order chi connectivity index (χ0) is 17.8. The lowest BCUT2D eigenvalue weighted by molar-refractivity contribution is -0.0520. The molecule has 0 aliphatic heterocycles. The maximum Gasteiger partial charge on any atom is 0.387 e. The second-order valence-electron chi connectivity index (χ2n) is 4.67. The largest absolute Gasteiger partial charge is 0.490 e. The van der Waals surface area contributed by atoms with Gasteiger partial charge in [-0.1, -0.05) is 12.1 Å². The van der Waals surface area contributed by atoms with Crippen molar-refractivity contribution in [3.63, 3.8) is 0 Å². The summed E-state index contributed by atoms with van der Waals surface area (Å²) in [6, 6.07) is 5.00. The highest BCUT2D eigenvalue weighted by Crippen LogP contribution is 2.33. The molecule has 0 aliphatic carbocycles. The monoisotopic (exact) mass is 473 g/mol. The summed E-state index contributed by atoms with van der Waals surface area (Å²) in [6.45, 7) is 3.11. The second-order valence-corrected chi connectivity index (χ2v) is 4.67. The van der Waals surface area contributed by atoms with Crippen LogP contribution >= 0.6 is 24.0 Å². The van der Waals surface area contributed by atoms with Gasteiger partial charge in [-0.25, -0.2) is 4.99 Å². The van der Waals surface area contributed by atoms with E-state index in [4.69, 9.17) is 9.47 Å². The van der Waals surface area contributed by atoms with Crippen LogP contribution in [0.1, 0.15) is 19.4 Å². The lowest BCUT2D eigenvalue weighted by Crippen LogP contribution is -2.38. The van der Waals surface area contributed by atoms with E-state index in [1.165, 1.54) is 0 Å². The van der Waals surface area contributed by atoms with Crippen molar-refractivity contribution in [2.24, 2.45) is 4.99 Å². The van der Waals surface area contributed by atoms with Gasteiger partial charge in [0.05, 0.1) is 19.8 Å². The van der Waals surface area contributed by atoms with Crippen molar-refractivity contribution in [2.75, 3.05) is 33.4 Å². The van der Waals surface area contributed by atoms with Crippen molar-refractivity contribution in [1.82, 2.24) is 10.6 Å². The minimum atomic E-state index is -2.93. The zero-order valence-corrected chi connectivity index (χ0v) is 17.0. The summed E-state index contributed by atoms with van der Waals surface area (Å²) in [6.07, 6.45) is 0. The van der Waals surface area contributed by atoms with Gasteiger partial charge >= 0.3 is 6.61 Å². The lowest BCUT2D eigenvalue weighted by atomic mass is 10.2. The quantitative estimate of drug-likeness (QED) is 0.237. The molecule has 0 aliphatic rings. The summed E-state index contributed by atoms with van der Waals surface area (Å²) in [5.41, 5.74) is 0.519. The first-order chi connectivity index (χ1) is 11.6. The zero-order valence-electron chi connectivity index (χ0n) is 14.7. The molecule has 0 bridgehead atoms. The Balaban J connectivity index is 0.00000576. The van der Waals surface area contributed by atoms with Gasteiger partial charge in [-0.2, -0.15) is 8.78 Å². The maximum atomic E-state index is 12.7. The molecule has 6 nitrogen and oxygen atoms in total. The van der Waals surface area contributed by atoms with Crippen LogP contribution in [0.2, 0.25) is 0 Å². The standard InChI is InChI=1S/C16H25F2N3O3.HI/c1-4-19-16(20-9-10-22-3)21-11-12-7-6-8-13(23-5-2)14(12)24-15(17)18;/h6-8,15H,4-5,9-11H2,1-3H3,(H2,19,20,21);1H. The summed E-state index contributed by atoms with van der Waals surface area (Å²) in [7, 11) is 1.61. The predicted molar refractivity (Wildman–Crippen MR) is 104 cm³/mol. The van der Waals surface area contributed by atoms with Gasteiger partial charge in [0.15, 0.2) is 17.5 Å². The molecule has 25 heavy (non-hydrogen) atoms. The number of aliphatic imine (C=N–C) groups is 1. The average Bonchev–Trinajstić information content (AvgIpc) is 2.55. The Morgan fingerprint density at radius 1 is 1.24 bits per heavy atom. The van der Waals surface area contributed by atoms with Crippen LogP contribution in [-0.4, -0.2) is 46.0 Å². The average molecular weight is 473 g/mol. The number of benzene rings is 1. The number of ether oxygens (including phenoxy) is 3. The van der Waals surface area contributed by atoms with Crippen LogP contribution in [0.15, 0.2) is 23.2 Å². The maximum absolute atomic E-state index is 12.7. The first-order valence-electron chi connectivity index (χ1n) is 7.82. The van der Waals surface area contributed by atoms with Crippen molar-refractivity contribution in [2.45, 2.75) is 27.0 Å². The van der Waals surface area contributed by atoms with Crippen molar-refractivity contribution in [3.8, 4) is 11.5 Å². The third kappa shape index (κ3) is 9.05. The van der Waals surface area contributed by atoms with Crippen LogP contribution in [0, 0.1) is 0 Å². The first kappa shape index (κ1) is 23.6. The molecule has 0 heterocycles. The second kappa shape index (κ2) is 13.9. The van der Waals surface area contributed by atoms with Crippen LogP contribution in [0.4, 0.5) is 8.78 Å². The number of guanidine groups is 1. The van der Waals surface area contributed by atoms with Gasteiger partial charge in [0.1, 0.15) is 0 Å². The Kier molecular flexibility index (Phi) is 13.1. The SMILES string of the molecule is CCNC(=NCc1cccc(OCC)c1OC(F)F)NCCOC.I. The van der Waals surface area contributed by atoms with Crippen LogP contribution in [0.3, 0.4) is 0 Å². The number of nitrogens with one attached hydrogen (secondary N) is 2. The highest BCUT2D eigenvalue weighted by Gasteiger charge is 2.15. The number of halogens is 3. The topological polar surface area (TPSA) is 64.1 Å². The fourth-order valence-corrected chi connectivity index (χ4v) is 1.96. The fraction of sp³-hybridized carbons (Fsp3) is 0.562. The number of nitrogens with zero attached hydrogens (tertiary/aromatic N) is 1. The molecule has 1 aromatic rings. The Morgan fingerprint density at radius 3 is 2.60 bits per heavy atom. The van der Waals surface area contributed by atoms with Crippen LogP contribution in [-0.2, 0) is 11.3 Å². The minimum absolute atomic E-state index is 0. The van der Waals surface area contributed by atoms with Crippen molar-refractivity contribution < 1.29 is 23.0 Å². The molecule has 0 amide bonds. The molecule has 0 radical (unpaired) electrons. The van der Waals surface area contributed by atoms with Crippen LogP contribution < -0.4 is 20.1 Å². The van der Waals surface area contributed by atoms with E-state index in [1.807, 2.05) is 6.92 Å². The molecule has 1 aromatic carbocycles. The molecule has 9 heteroatoms. The Bertz CT molecular complexity index is 519. The number of hydrogen-bond acceptors (Lipinski definition) is 4. The van der Waals surface area contributed by atoms with E-state index in [0.29, 0.717) is 37.8 Å². The molecule has 0 spiro atoms. The first-order valence-corrected chi connectivity index (χ1v) is 7.82. The van der Waals surface area contributed by atoms with Crippen LogP contribution in [0.5, 0.6) is 11.5 Å². The Morgan fingerprint density at radius 2 is 2.00 bits per heavy atom. The summed E-state index contributed by atoms with van der Waals surface area (Å²) >= 11 is 0. The van der Waals surface area contributed by atoms with Gasteiger partial charge in [0.25, 0.3) is 0 Å². The van der Waals surface area contributed by atoms with Gasteiger partial charge in [-0.3, -0.25) is 0 Å². The third-order valence-corrected chi connectivity index (χ3v) is 2.92. The highest BCUT2D eigenvalue weighted by atomic mass is 127. The van der Waals surface area contributed by atoms with E-state index < -0.39 is 6.61 Å². The molecule has 0 atom stereocenters. The molecule has 0 unspecified atom stereocenters. The minimum Gasteiger partial charge on any atom is -0.490 e. The van der Waals surface area contributed by atoms with E-state index >= 15 is 0 Å². The molecule has 144 valence electrons. The van der Waals surface area contributed by atoms with E-state index in [-0.39, 0.29) is 42.0 Å². The number of rotatable bonds is 10. The molecule has 0 saturated heterocycles. The molecule has 0 saturated carbocycles. The fourth-order valence-electron chi connectivity index (χ4n) is 1.96. The van der Waals surface area contributed by atoms with Gasteiger partial charge in [-0.05, 0) is 19.9 Å². The molecule has 1 rings (SSSR count). The van der Waals surface area contributed by atoms with Crippen molar-refractivity contribution >= 4 is 29.9 Å². The Hall–Kier alpha value is -1.36. The summed E-state index contributed by atoms with van der Waals surface area (Å²) in [5.74, 6) is 0.869. The third-order valence-electron chi connectivity index (χ3n) is 2.92. The smallest absolute Gasteiger partial charge is 0.387 e. The predicted octanol–water partition coefficient (Wildman–Crippen LogP) is 3.01. The van der Waals surface area contributed by atoms with Gasteiger partial charge in [0.2, 0.25) is 0 Å². The number of methoxy groups -OCH3 is 1. The molecule has 0 aromatic heterocycles. The van der Waals surface area contributed by atoms with Crippen molar-refractivity contribution in [1.29, 1.82) is 0 Å². The summed E-state index contributed by atoms with van der Waals surface area (Å²) < 4.78 is 40.4. The highest BCUT2D eigenvalue weighted by molar-refractivity contribution is 14.0. The summed E-state index contributed by atoms with van der Waals surface area (Å²) in [5, 5.41) is 6.16. The van der Waals surface area contributed by atoms with Gasteiger partial charge < -0.3 is 24.8 Å². The molecule has 0 fully saturated rings. The molecular formula is C16H26F2IN3O3. The van der Waals surface area contributed by atoms with E-state index in [1.54, 1.807) is 32.2 Å². The van der Waals surface area contributed by atoms with E-state index in [2.05, 4.69) is 20.4 Å². The number of para-hydroxylation sites is 1. The number of alkyl halides is 2. The Labute approximate surface area is 164 Å². The summed E-state index contributed by atoms with van der Waals surface area (Å²) in [4.78, 5) is 4.38. The molecule has 2 N–H and O–H groups in total. The van der Waals surface area contributed by atoms with Crippen LogP contribution in [0.25, 0.3) is 0 Å². The normalized spacial score (nSPS) is 11.0. The molecular weight excluding hydrogens is 447 g/mol. The lowest BCUT2D eigenvalue weighted by Gasteiger charge is -2.15. The van der Waals surface area contributed by atoms with Gasteiger partial charge in [-0.15, -0.1) is 24.0 Å². The van der Waals surface area contributed by atoms with Gasteiger partial charge in [0, 0.05) is 25.8 Å². The number of hydrogen-bond donors (Lipinski definition) is 2.